The number of nitrogens with zero attached hydrogens (tertiary/aromatic N) is 1. The molecule has 3 nitrogen and oxygen atoms in total. The van der Waals surface area contributed by atoms with Crippen LogP contribution in [0.1, 0.15) is 6.42 Å². The van der Waals surface area contributed by atoms with E-state index in [1.807, 2.05) is 0 Å². The van der Waals surface area contributed by atoms with Gasteiger partial charge in [0.25, 0.3) is 0 Å². The molecule has 0 aromatic heterocycles. The molecule has 0 fully saturated rings. The fourth-order valence-electron chi connectivity index (χ4n) is 0.785. The molecule has 0 N–H and O–H groups in total. The van der Waals surface area contributed by atoms with Gasteiger partial charge < -0.3 is 0 Å². The number of allylic oxidation sites excluding steroid dienone is 2. The normalized spacial score (nSPS) is 24.0. The van der Waals surface area contributed by atoms with Crippen LogP contribution in [0, 0.1) is 10.1 Å². The van der Waals surface area contributed by atoms with Gasteiger partial charge in [-0.05, 0) is 6.08 Å². The highest BCUT2D eigenvalue weighted by atomic mass is 19.2. The molecular weight excluding hydrogens is 156 g/mol. The SMILES string of the molecule is O=[N+]([O-])C1C=C(F)C(F)=CC1. The number of hydrogen-bond donors (Lipinski definition) is 0. The highest BCUT2D eigenvalue weighted by Gasteiger charge is 2.23. The van der Waals surface area contributed by atoms with Crippen molar-refractivity contribution in [3.63, 3.8) is 0 Å². The Morgan fingerprint density at radius 2 is 2.18 bits per heavy atom. The average Bonchev–Trinajstić information content (AvgIpc) is 1.94. The molecule has 0 spiro atoms. The zero-order valence-electron chi connectivity index (χ0n) is 5.46. The van der Waals surface area contributed by atoms with E-state index in [-0.39, 0.29) is 6.42 Å². The fourth-order valence-corrected chi connectivity index (χ4v) is 0.785. The second-order valence-electron chi connectivity index (χ2n) is 2.16. The third-order valence-electron chi connectivity index (χ3n) is 1.38. The lowest BCUT2D eigenvalue weighted by atomic mass is 10.1. The maximum atomic E-state index is 12.3. The molecule has 0 saturated heterocycles. The summed E-state index contributed by atoms with van der Waals surface area (Å²) in [5.41, 5.74) is 0. The Hall–Kier alpha value is -1.26. The van der Waals surface area contributed by atoms with Crippen LogP contribution < -0.4 is 0 Å². The number of hydrogen-bond acceptors (Lipinski definition) is 2. The van der Waals surface area contributed by atoms with Gasteiger partial charge in [-0.15, -0.1) is 0 Å². The number of halogens is 2. The van der Waals surface area contributed by atoms with Gasteiger partial charge in [0.05, 0.1) is 0 Å². The average molecular weight is 161 g/mol. The van der Waals surface area contributed by atoms with Gasteiger partial charge >= 0.3 is 0 Å². The molecule has 0 amide bonds. The molecule has 0 aromatic carbocycles. The Labute approximate surface area is 61.2 Å². The van der Waals surface area contributed by atoms with Crippen molar-refractivity contribution in [1.82, 2.24) is 0 Å². The minimum Gasteiger partial charge on any atom is -0.264 e. The van der Waals surface area contributed by atoms with E-state index in [0.29, 0.717) is 6.08 Å². The molecule has 0 saturated carbocycles. The maximum Gasteiger partial charge on any atom is 0.238 e. The van der Waals surface area contributed by atoms with E-state index < -0.39 is 22.6 Å². The van der Waals surface area contributed by atoms with Crippen molar-refractivity contribution in [2.45, 2.75) is 12.5 Å². The van der Waals surface area contributed by atoms with Gasteiger partial charge in [0, 0.05) is 17.4 Å². The van der Waals surface area contributed by atoms with Crippen LogP contribution in [-0.2, 0) is 0 Å². The Morgan fingerprint density at radius 1 is 1.55 bits per heavy atom. The molecule has 60 valence electrons. The first kappa shape index (κ1) is 7.84. The summed E-state index contributed by atoms with van der Waals surface area (Å²) in [6, 6.07) is -1.12. The molecule has 0 heterocycles. The lowest BCUT2D eigenvalue weighted by Gasteiger charge is -2.06. The van der Waals surface area contributed by atoms with Crippen LogP contribution in [0.15, 0.2) is 23.8 Å². The standard InChI is InChI=1S/C6H5F2NO2/c7-5-2-1-4(9(10)11)3-6(5)8/h2-4H,1H2. The topological polar surface area (TPSA) is 43.1 Å². The third-order valence-corrected chi connectivity index (χ3v) is 1.38. The van der Waals surface area contributed by atoms with Gasteiger partial charge in [0.15, 0.2) is 11.7 Å². The second kappa shape index (κ2) is 2.77. The lowest BCUT2D eigenvalue weighted by Crippen LogP contribution is -2.18. The first-order chi connectivity index (χ1) is 5.11. The van der Waals surface area contributed by atoms with Crippen LogP contribution in [0.5, 0.6) is 0 Å². The Balaban J connectivity index is 2.77. The Morgan fingerprint density at radius 3 is 2.64 bits per heavy atom. The summed E-state index contributed by atoms with van der Waals surface area (Å²) in [5.74, 6) is -2.15. The molecule has 11 heavy (non-hydrogen) atoms. The van der Waals surface area contributed by atoms with E-state index >= 15 is 0 Å². The van der Waals surface area contributed by atoms with Gasteiger partial charge in [0.1, 0.15) is 0 Å². The summed E-state index contributed by atoms with van der Waals surface area (Å²) < 4.78 is 24.5. The summed E-state index contributed by atoms with van der Waals surface area (Å²) >= 11 is 0. The summed E-state index contributed by atoms with van der Waals surface area (Å²) in [7, 11) is 0. The Kier molecular flexibility index (Phi) is 1.98. The fraction of sp³-hybridized carbons (Fsp3) is 0.333. The molecule has 0 aromatic rings. The second-order valence-corrected chi connectivity index (χ2v) is 2.16. The van der Waals surface area contributed by atoms with Crippen molar-refractivity contribution in [3.05, 3.63) is 33.9 Å². The van der Waals surface area contributed by atoms with Gasteiger partial charge in [-0.3, -0.25) is 10.1 Å². The minimum absolute atomic E-state index is 0.0771. The van der Waals surface area contributed by atoms with Gasteiger partial charge in [-0.25, -0.2) is 8.78 Å². The molecule has 1 atom stereocenters. The van der Waals surface area contributed by atoms with Crippen molar-refractivity contribution in [1.29, 1.82) is 0 Å². The van der Waals surface area contributed by atoms with Crippen molar-refractivity contribution >= 4 is 0 Å². The van der Waals surface area contributed by atoms with Gasteiger partial charge in [-0.2, -0.15) is 0 Å². The van der Waals surface area contributed by atoms with Gasteiger partial charge in [0.2, 0.25) is 6.04 Å². The molecule has 0 aliphatic heterocycles. The summed E-state index contributed by atoms with van der Waals surface area (Å²) in [5, 5.41) is 10.0. The van der Waals surface area contributed by atoms with Crippen molar-refractivity contribution < 1.29 is 13.7 Å². The van der Waals surface area contributed by atoms with Gasteiger partial charge in [-0.1, -0.05) is 0 Å². The molecule has 0 bridgehead atoms. The zero-order chi connectivity index (χ0) is 8.43. The van der Waals surface area contributed by atoms with Crippen molar-refractivity contribution in [2.75, 3.05) is 0 Å². The minimum atomic E-state index is -1.14. The molecule has 5 heteroatoms. The van der Waals surface area contributed by atoms with E-state index in [0.717, 1.165) is 6.08 Å². The van der Waals surface area contributed by atoms with Crippen LogP contribution in [0.2, 0.25) is 0 Å². The number of rotatable bonds is 1. The lowest BCUT2D eigenvalue weighted by molar-refractivity contribution is -0.508. The van der Waals surface area contributed by atoms with E-state index in [1.54, 1.807) is 0 Å². The smallest absolute Gasteiger partial charge is 0.238 e. The van der Waals surface area contributed by atoms with E-state index in [2.05, 4.69) is 0 Å². The van der Waals surface area contributed by atoms with Crippen LogP contribution in [0.25, 0.3) is 0 Å². The molecule has 1 rings (SSSR count). The van der Waals surface area contributed by atoms with E-state index in [9.17, 15) is 18.9 Å². The molecule has 1 aliphatic carbocycles. The molecule has 1 aliphatic rings. The molecular formula is C6H5F2NO2. The van der Waals surface area contributed by atoms with E-state index in [4.69, 9.17) is 0 Å². The molecule has 1 unspecified atom stereocenters. The zero-order valence-corrected chi connectivity index (χ0v) is 5.46. The summed E-state index contributed by atoms with van der Waals surface area (Å²) in [6.07, 6.45) is 1.48. The number of nitro groups is 1. The van der Waals surface area contributed by atoms with Crippen LogP contribution in [-0.4, -0.2) is 11.0 Å². The van der Waals surface area contributed by atoms with Crippen molar-refractivity contribution in [2.24, 2.45) is 0 Å². The van der Waals surface area contributed by atoms with Crippen LogP contribution in [0.4, 0.5) is 8.78 Å². The largest absolute Gasteiger partial charge is 0.264 e. The third kappa shape index (κ3) is 1.60. The van der Waals surface area contributed by atoms with Crippen molar-refractivity contribution in [3.8, 4) is 0 Å². The molecule has 0 radical (unpaired) electrons. The predicted molar refractivity (Wildman–Crippen MR) is 33.8 cm³/mol. The van der Waals surface area contributed by atoms with E-state index in [1.165, 1.54) is 0 Å². The Bertz CT molecular complexity index is 247. The quantitative estimate of drug-likeness (QED) is 0.434. The monoisotopic (exact) mass is 161 g/mol. The highest BCUT2D eigenvalue weighted by Crippen LogP contribution is 2.21. The summed E-state index contributed by atoms with van der Waals surface area (Å²) in [6.45, 7) is 0. The highest BCUT2D eigenvalue weighted by molar-refractivity contribution is 5.24. The predicted octanol–water partition coefficient (Wildman–Crippen LogP) is 1.74. The summed E-state index contributed by atoms with van der Waals surface area (Å²) in [4.78, 5) is 9.40. The first-order valence-electron chi connectivity index (χ1n) is 2.98. The maximum absolute atomic E-state index is 12.3. The van der Waals surface area contributed by atoms with Crippen LogP contribution >= 0.6 is 0 Å². The first-order valence-corrected chi connectivity index (χ1v) is 2.98. The van der Waals surface area contributed by atoms with Crippen LogP contribution in [0.3, 0.4) is 0 Å².